The first kappa shape index (κ1) is 25.2. The second-order valence-corrected chi connectivity index (χ2v) is 9.58. The molecule has 2 saturated carbocycles. The van der Waals surface area contributed by atoms with Gasteiger partial charge in [0.15, 0.2) is 0 Å². The lowest BCUT2D eigenvalue weighted by Crippen LogP contribution is -2.22. The largest absolute Gasteiger partial charge is 0.465 e. The number of rotatable bonds is 16. The van der Waals surface area contributed by atoms with Crippen molar-refractivity contribution < 1.29 is 19.1 Å². The summed E-state index contributed by atoms with van der Waals surface area (Å²) in [7, 11) is 0. The summed E-state index contributed by atoms with van der Waals surface area (Å²) < 4.78 is 11.2. The zero-order valence-corrected chi connectivity index (χ0v) is 19.7. The van der Waals surface area contributed by atoms with Gasteiger partial charge in [-0.3, -0.25) is 9.59 Å². The van der Waals surface area contributed by atoms with Crippen LogP contribution in [-0.2, 0) is 19.1 Å². The number of ether oxygens (including phenoxy) is 2. The van der Waals surface area contributed by atoms with Crippen molar-refractivity contribution in [3.8, 4) is 0 Å². The molecule has 0 aromatic rings. The number of carbonyl (C=O) groups excluding carboxylic acids is 2. The van der Waals surface area contributed by atoms with Gasteiger partial charge in [-0.15, -0.1) is 0 Å². The Balaban J connectivity index is 1.67. The van der Waals surface area contributed by atoms with Crippen LogP contribution in [0.3, 0.4) is 0 Å². The van der Waals surface area contributed by atoms with Crippen molar-refractivity contribution in [2.75, 3.05) is 13.2 Å². The molecule has 0 aromatic carbocycles. The fraction of sp³-hybridized carbons (Fsp3) is 0.923. The number of hydrogen-bond donors (Lipinski definition) is 0. The van der Waals surface area contributed by atoms with Crippen LogP contribution in [-0.4, -0.2) is 25.2 Å². The minimum atomic E-state index is -0.0933. The zero-order valence-electron chi connectivity index (χ0n) is 19.7. The van der Waals surface area contributed by atoms with Crippen molar-refractivity contribution in [2.24, 2.45) is 23.7 Å². The van der Waals surface area contributed by atoms with Crippen LogP contribution in [0.15, 0.2) is 0 Å². The Morgan fingerprint density at radius 3 is 1.47 bits per heavy atom. The van der Waals surface area contributed by atoms with E-state index in [-0.39, 0.29) is 23.8 Å². The van der Waals surface area contributed by atoms with Crippen LogP contribution in [0.4, 0.5) is 0 Å². The lowest BCUT2D eigenvalue weighted by Gasteiger charge is -2.18. The van der Waals surface area contributed by atoms with Crippen LogP contribution in [0.25, 0.3) is 0 Å². The van der Waals surface area contributed by atoms with E-state index < -0.39 is 0 Å². The Morgan fingerprint density at radius 2 is 1.03 bits per heavy atom. The fourth-order valence-electron chi connectivity index (χ4n) is 5.51. The molecular formula is C26H46O4. The SMILES string of the molecule is CCCCCCCCOC(=O)C1CC(C(=O)OCCCCCCCC)C2CCCC12. The number of carbonyl (C=O) groups is 2. The van der Waals surface area contributed by atoms with Crippen molar-refractivity contribution in [3.63, 3.8) is 0 Å². The third-order valence-electron chi connectivity index (χ3n) is 7.26. The van der Waals surface area contributed by atoms with E-state index in [9.17, 15) is 9.59 Å². The lowest BCUT2D eigenvalue weighted by molar-refractivity contribution is -0.151. The van der Waals surface area contributed by atoms with Gasteiger partial charge < -0.3 is 9.47 Å². The number of unbranched alkanes of at least 4 members (excludes halogenated alkanes) is 10. The van der Waals surface area contributed by atoms with Crippen LogP contribution in [0.1, 0.15) is 117 Å². The van der Waals surface area contributed by atoms with Crippen LogP contribution < -0.4 is 0 Å². The summed E-state index contributed by atoms with van der Waals surface area (Å²) >= 11 is 0. The molecule has 4 heteroatoms. The van der Waals surface area contributed by atoms with Gasteiger partial charge in [-0.2, -0.15) is 0 Å². The molecule has 2 fully saturated rings. The van der Waals surface area contributed by atoms with Crippen molar-refractivity contribution in [1.29, 1.82) is 0 Å². The molecule has 0 saturated heterocycles. The first-order valence-electron chi connectivity index (χ1n) is 13.0. The Hall–Kier alpha value is -1.06. The maximum atomic E-state index is 12.7. The average molecular weight is 423 g/mol. The first-order valence-corrected chi connectivity index (χ1v) is 13.0. The maximum Gasteiger partial charge on any atom is 0.309 e. The third kappa shape index (κ3) is 8.23. The molecule has 0 amide bonds. The van der Waals surface area contributed by atoms with Gasteiger partial charge in [0.2, 0.25) is 0 Å². The molecular weight excluding hydrogens is 376 g/mol. The predicted octanol–water partition coefficient (Wildman–Crippen LogP) is 6.85. The summed E-state index contributed by atoms with van der Waals surface area (Å²) in [6.45, 7) is 5.51. The molecule has 2 aliphatic carbocycles. The molecule has 2 rings (SSSR count). The molecule has 0 N–H and O–H groups in total. The van der Waals surface area contributed by atoms with E-state index >= 15 is 0 Å². The van der Waals surface area contributed by atoms with Gasteiger partial charge in [0.25, 0.3) is 0 Å². The van der Waals surface area contributed by atoms with Crippen molar-refractivity contribution >= 4 is 11.9 Å². The van der Waals surface area contributed by atoms with E-state index in [0.29, 0.717) is 31.5 Å². The summed E-state index contributed by atoms with van der Waals surface area (Å²) in [6.07, 6.45) is 18.2. The molecule has 0 radical (unpaired) electrons. The quantitative estimate of drug-likeness (QED) is 0.202. The Labute approximate surface area is 184 Å². The Bertz CT molecular complexity index is 447. The molecule has 0 aliphatic heterocycles. The van der Waals surface area contributed by atoms with E-state index in [2.05, 4.69) is 13.8 Å². The van der Waals surface area contributed by atoms with Gasteiger partial charge in [0.1, 0.15) is 0 Å². The van der Waals surface area contributed by atoms with Gasteiger partial charge in [-0.05, 0) is 43.9 Å². The molecule has 0 heterocycles. The van der Waals surface area contributed by atoms with Crippen molar-refractivity contribution in [1.82, 2.24) is 0 Å². The molecule has 4 atom stereocenters. The highest BCUT2D eigenvalue weighted by Gasteiger charge is 2.52. The fourth-order valence-corrected chi connectivity index (χ4v) is 5.51. The van der Waals surface area contributed by atoms with E-state index in [4.69, 9.17) is 9.47 Å². The highest BCUT2D eigenvalue weighted by atomic mass is 16.5. The molecule has 4 unspecified atom stereocenters. The van der Waals surface area contributed by atoms with Crippen LogP contribution in [0, 0.1) is 23.7 Å². The minimum absolute atomic E-state index is 0.0633. The standard InChI is InChI=1S/C26H46O4/c1-3-5-7-9-11-13-18-29-25(27)23-20-24(22-17-15-16-21(22)23)26(28)30-19-14-12-10-8-6-4-2/h21-24H,3-20H2,1-2H3. The Kier molecular flexibility index (Phi) is 12.5. The van der Waals surface area contributed by atoms with Crippen molar-refractivity contribution in [3.05, 3.63) is 0 Å². The van der Waals surface area contributed by atoms with Gasteiger partial charge in [0, 0.05) is 0 Å². The predicted molar refractivity (Wildman–Crippen MR) is 121 cm³/mol. The van der Waals surface area contributed by atoms with Crippen LogP contribution in [0.5, 0.6) is 0 Å². The molecule has 2 aliphatic rings. The van der Waals surface area contributed by atoms with Crippen LogP contribution in [0.2, 0.25) is 0 Å². The molecule has 4 nitrogen and oxygen atoms in total. The summed E-state index contributed by atoms with van der Waals surface area (Å²) in [4.78, 5) is 25.4. The van der Waals surface area contributed by atoms with Gasteiger partial charge in [-0.25, -0.2) is 0 Å². The van der Waals surface area contributed by atoms with Gasteiger partial charge in [0.05, 0.1) is 25.0 Å². The first-order chi connectivity index (χ1) is 14.7. The highest BCUT2D eigenvalue weighted by molar-refractivity contribution is 5.78. The molecule has 174 valence electrons. The highest BCUT2D eigenvalue weighted by Crippen LogP contribution is 2.51. The normalized spacial score (nSPS) is 25.3. The molecule has 0 aromatic heterocycles. The summed E-state index contributed by atoms with van der Waals surface area (Å²) in [6, 6.07) is 0. The van der Waals surface area contributed by atoms with Gasteiger partial charge >= 0.3 is 11.9 Å². The summed E-state index contributed by atoms with van der Waals surface area (Å²) in [5.41, 5.74) is 0. The van der Waals surface area contributed by atoms with E-state index in [1.807, 2.05) is 0 Å². The topological polar surface area (TPSA) is 52.6 Å². The number of fused-ring (bicyclic) bond motifs is 1. The molecule has 0 bridgehead atoms. The Morgan fingerprint density at radius 1 is 0.633 bits per heavy atom. The second kappa shape index (κ2) is 14.9. The minimum Gasteiger partial charge on any atom is -0.465 e. The van der Waals surface area contributed by atoms with E-state index in [0.717, 1.165) is 44.9 Å². The third-order valence-corrected chi connectivity index (χ3v) is 7.26. The number of hydrogen-bond acceptors (Lipinski definition) is 4. The van der Waals surface area contributed by atoms with E-state index in [1.165, 1.54) is 51.4 Å². The van der Waals surface area contributed by atoms with Crippen molar-refractivity contribution in [2.45, 2.75) is 117 Å². The summed E-state index contributed by atoms with van der Waals surface area (Å²) in [5.74, 6) is 0.342. The monoisotopic (exact) mass is 422 g/mol. The zero-order chi connectivity index (χ0) is 21.6. The lowest BCUT2D eigenvalue weighted by atomic mass is 9.90. The molecule has 0 spiro atoms. The molecule has 30 heavy (non-hydrogen) atoms. The van der Waals surface area contributed by atoms with E-state index in [1.54, 1.807) is 0 Å². The maximum absolute atomic E-state index is 12.7. The second-order valence-electron chi connectivity index (χ2n) is 9.58. The van der Waals surface area contributed by atoms with Crippen LogP contribution >= 0.6 is 0 Å². The average Bonchev–Trinajstić information content (AvgIpc) is 3.35. The number of esters is 2. The summed E-state index contributed by atoms with van der Waals surface area (Å²) in [5, 5.41) is 0. The smallest absolute Gasteiger partial charge is 0.309 e. The van der Waals surface area contributed by atoms with Gasteiger partial charge in [-0.1, -0.05) is 84.5 Å².